The van der Waals surface area contributed by atoms with Gasteiger partial charge in [-0.25, -0.2) is 18.2 Å². The normalized spacial score (nSPS) is 22.6. The molecule has 2 aliphatic rings. The van der Waals surface area contributed by atoms with Gasteiger partial charge in [0.15, 0.2) is 5.03 Å². The summed E-state index contributed by atoms with van der Waals surface area (Å²) >= 11 is 1.05. The maximum atomic E-state index is 14.0. The minimum atomic E-state index is -3.84. The zero-order chi connectivity index (χ0) is 27.8. The lowest BCUT2D eigenvalue weighted by atomic mass is 9.82. The van der Waals surface area contributed by atoms with Crippen molar-refractivity contribution < 1.29 is 23.1 Å². The summed E-state index contributed by atoms with van der Waals surface area (Å²) in [7, 11) is -2.14. The van der Waals surface area contributed by atoms with Gasteiger partial charge in [-0.3, -0.25) is 4.79 Å². The van der Waals surface area contributed by atoms with Gasteiger partial charge in [0.05, 0.1) is 22.9 Å². The molecule has 206 valence electrons. The number of sulfonamides is 1. The second-order valence-electron chi connectivity index (χ2n) is 11.5. The van der Waals surface area contributed by atoms with Crippen molar-refractivity contribution in [2.75, 3.05) is 18.0 Å². The molecule has 1 aliphatic heterocycles. The molecule has 11 heteroatoms. The van der Waals surface area contributed by atoms with Gasteiger partial charge in [0.1, 0.15) is 4.88 Å². The van der Waals surface area contributed by atoms with Crippen molar-refractivity contribution in [3.63, 3.8) is 0 Å². The molecule has 0 aromatic carbocycles. The molecule has 38 heavy (non-hydrogen) atoms. The number of aryl methyl sites for hydroxylation is 1. The molecular weight excluding hydrogens is 524 g/mol. The van der Waals surface area contributed by atoms with E-state index in [1.165, 1.54) is 16.8 Å². The van der Waals surface area contributed by atoms with Crippen LogP contribution in [0.2, 0.25) is 0 Å². The largest absolute Gasteiger partial charge is 0.477 e. The number of imidazole rings is 1. The third-order valence-corrected chi connectivity index (χ3v) is 9.88. The van der Waals surface area contributed by atoms with E-state index in [9.17, 15) is 23.1 Å². The van der Waals surface area contributed by atoms with E-state index in [2.05, 4.69) is 23.7 Å². The number of carbonyl (C=O) groups excluding carboxylic acids is 1. The molecule has 0 unspecified atom stereocenters. The van der Waals surface area contributed by atoms with Crippen LogP contribution < -0.4 is 4.90 Å². The molecule has 0 spiro atoms. The number of anilines is 1. The third-order valence-electron chi connectivity index (χ3n) is 7.11. The molecule has 2 aromatic heterocycles. The predicted octanol–water partition coefficient (Wildman–Crippen LogP) is 4.20. The summed E-state index contributed by atoms with van der Waals surface area (Å²) in [5.41, 5.74) is 0.0413. The van der Waals surface area contributed by atoms with Crippen molar-refractivity contribution in [1.82, 2.24) is 13.9 Å². The Bertz CT molecular complexity index is 1370. The quantitative estimate of drug-likeness (QED) is 0.530. The second kappa shape index (κ2) is 10.8. The Morgan fingerprint density at radius 2 is 1.87 bits per heavy atom. The zero-order valence-electron chi connectivity index (χ0n) is 22.6. The van der Waals surface area contributed by atoms with Gasteiger partial charge in [0.25, 0.3) is 10.0 Å². The lowest BCUT2D eigenvalue weighted by Gasteiger charge is -2.34. The van der Waals surface area contributed by atoms with Crippen molar-refractivity contribution in [2.45, 2.75) is 70.9 Å². The van der Waals surface area contributed by atoms with Crippen LogP contribution in [0.15, 0.2) is 23.6 Å². The first-order valence-corrected chi connectivity index (χ1v) is 15.2. The van der Waals surface area contributed by atoms with Crippen molar-refractivity contribution in [2.24, 2.45) is 24.3 Å². The topological polar surface area (TPSA) is 113 Å². The molecule has 1 atom stereocenters. The number of amides is 1. The maximum Gasteiger partial charge on any atom is 0.348 e. The van der Waals surface area contributed by atoms with Crippen molar-refractivity contribution in [1.29, 1.82) is 0 Å². The molecule has 1 saturated heterocycles. The SMILES string of the molecule is CC1CCC(C(=O)N(c2cc(C#CC(C)(C)C)sc2C(=O)O)[C@H]2CCN(S(=O)(=O)c3cn(C)cn3)C2)CC1. The van der Waals surface area contributed by atoms with Crippen LogP contribution in [0.4, 0.5) is 5.69 Å². The average Bonchev–Trinajstić information content (AvgIpc) is 3.58. The van der Waals surface area contributed by atoms with Crippen molar-refractivity contribution in [3.05, 3.63) is 28.3 Å². The Labute approximate surface area is 228 Å². The van der Waals surface area contributed by atoms with Crippen LogP contribution >= 0.6 is 11.3 Å². The van der Waals surface area contributed by atoms with Crippen LogP contribution in [-0.2, 0) is 21.9 Å². The molecule has 3 heterocycles. The monoisotopic (exact) mass is 560 g/mol. The molecule has 1 aliphatic carbocycles. The van der Waals surface area contributed by atoms with Gasteiger partial charge in [-0.15, -0.1) is 11.3 Å². The maximum absolute atomic E-state index is 14.0. The summed E-state index contributed by atoms with van der Waals surface area (Å²) in [4.78, 5) is 32.6. The zero-order valence-corrected chi connectivity index (χ0v) is 24.2. The minimum absolute atomic E-state index is 0.0405. The first-order valence-electron chi connectivity index (χ1n) is 13.0. The van der Waals surface area contributed by atoms with Crippen LogP contribution in [-0.4, -0.2) is 58.4 Å². The summed E-state index contributed by atoms with van der Waals surface area (Å²) < 4.78 is 29.4. The van der Waals surface area contributed by atoms with Gasteiger partial charge in [-0.1, -0.05) is 18.8 Å². The van der Waals surface area contributed by atoms with E-state index < -0.39 is 22.0 Å². The molecule has 1 amide bonds. The van der Waals surface area contributed by atoms with Crippen molar-refractivity contribution in [3.8, 4) is 11.8 Å². The Balaban J connectivity index is 1.72. The van der Waals surface area contributed by atoms with E-state index in [0.717, 1.165) is 37.0 Å². The Kier molecular flexibility index (Phi) is 8.07. The van der Waals surface area contributed by atoms with Crippen LogP contribution in [0.25, 0.3) is 0 Å². The molecule has 0 bridgehead atoms. The highest BCUT2D eigenvalue weighted by Crippen LogP contribution is 2.38. The summed E-state index contributed by atoms with van der Waals surface area (Å²) in [6.45, 7) is 8.40. The third kappa shape index (κ3) is 6.14. The standard InChI is InChI=1S/C27H36N4O5S2/c1-18-6-8-19(9-7-18)25(32)31(22-14-21(10-12-27(2,3)4)37-24(22)26(33)34)20-11-13-30(15-20)38(35,36)23-16-29(5)17-28-23/h14,16-20H,6-9,11,13,15H2,1-5H3,(H,33,34)/t18?,19?,20-/m0/s1. The van der Waals surface area contributed by atoms with E-state index in [1.54, 1.807) is 22.6 Å². The van der Waals surface area contributed by atoms with Gasteiger partial charge >= 0.3 is 5.97 Å². The highest BCUT2D eigenvalue weighted by molar-refractivity contribution is 7.89. The average molecular weight is 561 g/mol. The lowest BCUT2D eigenvalue weighted by molar-refractivity contribution is -0.124. The van der Waals surface area contributed by atoms with E-state index in [0.29, 0.717) is 22.9 Å². The fraction of sp³-hybridized carbons (Fsp3) is 0.593. The number of aromatic nitrogens is 2. The van der Waals surface area contributed by atoms with Crippen LogP contribution in [0, 0.1) is 29.1 Å². The number of carboxylic acid groups (broad SMARTS) is 1. The first-order chi connectivity index (χ1) is 17.8. The van der Waals surface area contributed by atoms with E-state index in [1.807, 2.05) is 20.8 Å². The smallest absolute Gasteiger partial charge is 0.348 e. The molecule has 9 nitrogen and oxygen atoms in total. The fourth-order valence-corrected chi connectivity index (χ4v) is 7.32. The Hall–Kier alpha value is -2.68. The number of thiophene rings is 1. The number of carbonyl (C=O) groups is 2. The first kappa shape index (κ1) is 28.3. The van der Waals surface area contributed by atoms with Crippen LogP contribution in [0.5, 0.6) is 0 Å². The van der Waals surface area contributed by atoms with Gasteiger partial charge < -0.3 is 14.6 Å². The van der Waals surface area contributed by atoms with Gasteiger partial charge in [-0.2, -0.15) is 4.31 Å². The highest BCUT2D eigenvalue weighted by atomic mass is 32.2. The van der Waals surface area contributed by atoms with Crippen LogP contribution in [0.3, 0.4) is 0 Å². The molecule has 0 radical (unpaired) electrons. The number of aromatic carboxylic acids is 1. The summed E-state index contributed by atoms with van der Waals surface area (Å²) in [6.07, 6.45) is 6.64. The van der Waals surface area contributed by atoms with E-state index in [-0.39, 0.29) is 40.2 Å². The molecule has 1 N–H and O–H groups in total. The van der Waals surface area contributed by atoms with Gasteiger partial charge in [-0.05, 0) is 64.9 Å². The molecule has 1 saturated carbocycles. The van der Waals surface area contributed by atoms with Crippen LogP contribution in [0.1, 0.15) is 74.3 Å². The molecule has 2 aromatic rings. The second-order valence-corrected chi connectivity index (χ2v) is 14.4. The van der Waals surface area contributed by atoms with Gasteiger partial charge in [0, 0.05) is 37.7 Å². The number of rotatable bonds is 6. The molecular formula is C27H36N4O5S2. The highest BCUT2D eigenvalue weighted by Gasteiger charge is 2.42. The fourth-order valence-electron chi connectivity index (χ4n) is 5.02. The summed E-state index contributed by atoms with van der Waals surface area (Å²) in [5, 5.41) is 10.0. The number of hydrogen-bond acceptors (Lipinski definition) is 6. The molecule has 4 rings (SSSR count). The number of hydrogen-bond donors (Lipinski definition) is 1. The lowest BCUT2D eigenvalue weighted by Crippen LogP contribution is -2.46. The minimum Gasteiger partial charge on any atom is -0.477 e. The van der Waals surface area contributed by atoms with E-state index >= 15 is 0 Å². The Morgan fingerprint density at radius 3 is 2.45 bits per heavy atom. The number of nitrogens with zero attached hydrogens (tertiary/aromatic N) is 4. The van der Waals surface area contributed by atoms with Crippen molar-refractivity contribution >= 4 is 38.9 Å². The van der Waals surface area contributed by atoms with E-state index in [4.69, 9.17) is 0 Å². The molecule has 2 fully saturated rings. The summed E-state index contributed by atoms with van der Waals surface area (Å²) in [5.74, 6) is 5.29. The Morgan fingerprint density at radius 1 is 1.18 bits per heavy atom. The van der Waals surface area contributed by atoms with Gasteiger partial charge in [0.2, 0.25) is 5.91 Å². The number of carboxylic acids is 1. The predicted molar refractivity (Wildman–Crippen MR) is 147 cm³/mol. The summed E-state index contributed by atoms with van der Waals surface area (Å²) in [6, 6.07) is 1.20.